The van der Waals surface area contributed by atoms with Crippen LogP contribution in [0.2, 0.25) is 0 Å². The molecular weight excluding hydrogens is 310 g/mol. The van der Waals surface area contributed by atoms with Crippen LogP contribution in [0.3, 0.4) is 0 Å². The van der Waals surface area contributed by atoms with Crippen molar-refractivity contribution < 1.29 is 18.1 Å². The summed E-state index contributed by atoms with van der Waals surface area (Å²) in [5.41, 5.74) is -0.872. The average molecular weight is 319 g/mol. The molecule has 0 unspecified atom stereocenters. The summed E-state index contributed by atoms with van der Waals surface area (Å²) in [6.07, 6.45) is 0. The summed E-state index contributed by atoms with van der Waals surface area (Å²) in [7, 11) is -4.32. The largest absolute Gasteiger partial charge is 0.449 e. The molecule has 8 nitrogen and oxygen atoms in total. The molecule has 0 atom stereocenters. The minimum Gasteiger partial charge on any atom is -0.449 e. The molecule has 0 saturated heterocycles. The van der Waals surface area contributed by atoms with E-state index in [-0.39, 0.29) is 11.3 Å². The number of primary sulfonamides is 1. The lowest BCUT2D eigenvalue weighted by atomic mass is 10.2. The van der Waals surface area contributed by atoms with Gasteiger partial charge in [0.1, 0.15) is 10.6 Å². The summed E-state index contributed by atoms with van der Waals surface area (Å²) in [5.74, 6) is -0.335. The molecule has 0 heterocycles. The molecule has 112 valence electrons. The van der Waals surface area contributed by atoms with Crippen LogP contribution >= 0.6 is 0 Å². The Morgan fingerprint density at radius 1 is 1.23 bits per heavy atom. The highest BCUT2D eigenvalue weighted by atomic mass is 32.2. The summed E-state index contributed by atoms with van der Waals surface area (Å²) in [6.45, 7) is 0. The van der Waals surface area contributed by atoms with Crippen LogP contribution in [0.15, 0.2) is 47.4 Å². The Morgan fingerprint density at radius 3 is 2.36 bits per heavy atom. The number of rotatable bonds is 4. The lowest BCUT2D eigenvalue weighted by Crippen LogP contribution is -2.14. The van der Waals surface area contributed by atoms with E-state index in [1.54, 1.807) is 24.3 Å². The lowest BCUT2D eigenvalue weighted by molar-refractivity contribution is -0.385. The Balaban J connectivity index is 2.74. The quantitative estimate of drug-likeness (QED) is 0.675. The van der Waals surface area contributed by atoms with Crippen LogP contribution in [-0.4, -0.2) is 13.3 Å². The molecule has 0 amide bonds. The molecule has 2 rings (SSSR count). The maximum absolute atomic E-state index is 11.7. The van der Waals surface area contributed by atoms with E-state index in [2.05, 4.69) is 0 Å². The van der Waals surface area contributed by atoms with E-state index >= 15 is 0 Å². The highest BCUT2D eigenvalue weighted by molar-refractivity contribution is 7.89. The van der Waals surface area contributed by atoms with Crippen molar-refractivity contribution in [3.8, 4) is 17.6 Å². The van der Waals surface area contributed by atoms with Gasteiger partial charge in [0.05, 0.1) is 16.6 Å². The molecule has 0 saturated carbocycles. The number of para-hydroxylation sites is 1. The van der Waals surface area contributed by atoms with E-state index in [4.69, 9.17) is 15.1 Å². The Labute approximate surface area is 125 Å². The van der Waals surface area contributed by atoms with Crippen molar-refractivity contribution in [2.45, 2.75) is 4.90 Å². The monoisotopic (exact) mass is 319 g/mol. The molecule has 2 aromatic rings. The first-order chi connectivity index (χ1) is 10.3. The van der Waals surface area contributed by atoms with E-state index in [0.29, 0.717) is 0 Å². The first-order valence-electron chi connectivity index (χ1n) is 5.81. The van der Waals surface area contributed by atoms with Crippen LogP contribution in [0, 0.1) is 21.4 Å². The van der Waals surface area contributed by atoms with Crippen molar-refractivity contribution in [1.29, 1.82) is 5.26 Å². The molecule has 0 radical (unpaired) electrons. The molecule has 22 heavy (non-hydrogen) atoms. The minimum absolute atomic E-state index is 0.195. The van der Waals surface area contributed by atoms with Gasteiger partial charge in [-0.05, 0) is 18.2 Å². The fourth-order valence-corrected chi connectivity index (χ4v) is 2.40. The molecule has 9 heteroatoms. The maximum Gasteiger partial charge on any atom is 0.314 e. The molecule has 2 N–H and O–H groups in total. The highest BCUT2D eigenvalue weighted by Gasteiger charge is 2.27. The van der Waals surface area contributed by atoms with E-state index in [1.165, 1.54) is 12.1 Å². The first-order valence-corrected chi connectivity index (χ1v) is 7.36. The van der Waals surface area contributed by atoms with Gasteiger partial charge in [-0.3, -0.25) is 10.1 Å². The van der Waals surface area contributed by atoms with Crippen molar-refractivity contribution in [2.24, 2.45) is 5.14 Å². The second kappa shape index (κ2) is 5.80. The smallest absolute Gasteiger partial charge is 0.314 e. The molecular formula is C13H9N3O5S. The number of nitrogens with zero attached hydrogens (tertiary/aromatic N) is 2. The number of hydrogen-bond acceptors (Lipinski definition) is 6. The van der Waals surface area contributed by atoms with Crippen LogP contribution in [0.4, 0.5) is 5.69 Å². The van der Waals surface area contributed by atoms with Crippen LogP contribution in [0.25, 0.3) is 0 Å². The standard InChI is InChI=1S/C13H9N3O5S/c14-8-9-6-11(16(17)18)13(12(7-9)22(15,19)20)21-10-4-2-1-3-5-10/h1-7H,(H2,15,19,20). The summed E-state index contributed by atoms with van der Waals surface area (Å²) < 4.78 is 28.6. The third kappa shape index (κ3) is 3.20. The van der Waals surface area contributed by atoms with Crippen LogP contribution in [0.5, 0.6) is 11.5 Å². The molecule has 2 aromatic carbocycles. The van der Waals surface area contributed by atoms with Gasteiger partial charge in [0.25, 0.3) is 0 Å². The molecule has 0 spiro atoms. The molecule has 0 aliphatic heterocycles. The third-order valence-electron chi connectivity index (χ3n) is 2.63. The average Bonchev–Trinajstić information content (AvgIpc) is 2.47. The Bertz CT molecular complexity index is 873. The predicted molar refractivity (Wildman–Crippen MR) is 75.7 cm³/mol. The van der Waals surface area contributed by atoms with Crippen LogP contribution < -0.4 is 9.88 Å². The predicted octanol–water partition coefficient (Wildman–Crippen LogP) is 1.91. The zero-order valence-electron chi connectivity index (χ0n) is 11.0. The van der Waals surface area contributed by atoms with E-state index in [1.807, 2.05) is 0 Å². The van der Waals surface area contributed by atoms with Crippen molar-refractivity contribution in [2.75, 3.05) is 0 Å². The fraction of sp³-hybridized carbons (Fsp3) is 0. The molecule has 0 aliphatic rings. The number of sulfonamides is 1. The van der Waals surface area contributed by atoms with Gasteiger partial charge in [0, 0.05) is 6.07 Å². The van der Waals surface area contributed by atoms with Gasteiger partial charge in [0.2, 0.25) is 15.8 Å². The van der Waals surface area contributed by atoms with E-state index < -0.39 is 31.3 Å². The Kier molecular flexibility index (Phi) is 4.07. The van der Waals surface area contributed by atoms with Gasteiger partial charge < -0.3 is 4.74 Å². The number of nitro groups is 1. The number of benzene rings is 2. The topological polar surface area (TPSA) is 136 Å². The van der Waals surface area contributed by atoms with Crippen molar-refractivity contribution in [3.63, 3.8) is 0 Å². The third-order valence-corrected chi connectivity index (χ3v) is 3.55. The normalized spacial score (nSPS) is 10.7. The molecule has 0 aromatic heterocycles. The van der Waals surface area contributed by atoms with Gasteiger partial charge >= 0.3 is 5.69 Å². The van der Waals surface area contributed by atoms with Crippen LogP contribution in [-0.2, 0) is 10.0 Å². The first kappa shape index (κ1) is 15.4. The second-order valence-electron chi connectivity index (χ2n) is 4.15. The van der Waals surface area contributed by atoms with Crippen LogP contribution in [0.1, 0.15) is 5.56 Å². The summed E-state index contributed by atoms with van der Waals surface area (Å²) in [5, 5.41) is 25.1. The second-order valence-corrected chi connectivity index (χ2v) is 5.68. The summed E-state index contributed by atoms with van der Waals surface area (Å²) in [4.78, 5) is 9.68. The van der Waals surface area contributed by atoms with Gasteiger partial charge in [-0.2, -0.15) is 5.26 Å². The minimum atomic E-state index is -4.32. The highest BCUT2D eigenvalue weighted by Crippen LogP contribution is 2.38. The van der Waals surface area contributed by atoms with Gasteiger partial charge in [-0.1, -0.05) is 18.2 Å². The summed E-state index contributed by atoms with van der Waals surface area (Å²) >= 11 is 0. The van der Waals surface area contributed by atoms with Crippen molar-refractivity contribution in [1.82, 2.24) is 0 Å². The number of hydrogen-bond donors (Lipinski definition) is 1. The van der Waals surface area contributed by atoms with Crippen molar-refractivity contribution in [3.05, 3.63) is 58.1 Å². The van der Waals surface area contributed by atoms with Gasteiger partial charge in [0.15, 0.2) is 0 Å². The SMILES string of the molecule is N#Cc1cc([N+](=O)[O-])c(Oc2ccccc2)c(S(N)(=O)=O)c1. The fourth-order valence-electron chi connectivity index (χ4n) is 1.71. The zero-order valence-corrected chi connectivity index (χ0v) is 11.8. The van der Waals surface area contributed by atoms with Gasteiger partial charge in [-0.25, -0.2) is 13.6 Å². The molecule has 0 fully saturated rings. The van der Waals surface area contributed by atoms with E-state index in [9.17, 15) is 18.5 Å². The maximum atomic E-state index is 11.7. The number of ether oxygens (including phenoxy) is 1. The number of nitrogens with two attached hydrogens (primary N) is 1. The molecule has 0 bridgehead atoms. The van der Waals surface area contributed by atoms with Gasteiger partial charge in [-0.15, -0.1) is 0 Å². The Hall–Kier alpha value is -2.96. The van der Waals surface area contributed by atoms with E-state index in [0.717, 1.165) is 12.1 Å². The Morgan fingerprint density at radius 2 is 1.86 bits per heavy atom. The summed E-state index contributed by atoms with van der Waals surface area (Å²) in [6, 6.07) is 11.4. The molecule has 0 aliphatic carbocycles. The number of nitro benzene ring substituents is 1. The lowest BCUT2D eigenvalue weighted by Gasteiger charge is -2.10. The zero-order chi connectivity index (χ0) is 16.3. The van der Waals surface area contributed by atoms with Crippen molar-refractivity contribution >= 4 is 15.7 Å². The number of nitriles is 1.